The minimum absolute atomic E-state index is 0.232. The smallest absolute Gasteiger partial charge is 0.166 e. The van der Waals surface area contributed by atoms with E-state index in [1.165, 1.54) is 5.56 Å². The maximum atomic E-state index is 14.7. The van der Waals surface area contributed by atoms with E-state index in [4.69, 9.17) is 0 Å². The predicted molar refractivity (Wildman–Crippen MR) is 125 cm³/mol. The largest absolute Gasteiger partial charge is 0.203 e. The van der Waals surface area contributed by atoms with Crippen molar-refractivity contribution in [1.82, 2.24) is 0 Å². The summed E-state index contributed by atoms with van der Waals surface area (Å²) >= 11 is 0. The van der Waals surface area contributed by atoms with Crippen LogP contribution >= 0.6 is 0 Å². The first-order chi connectivity index (χ1) is 14.5. The van der Waals surface area contributed by atoms with Crippen LogP contribution in [0.25, 0.3) is 11.7 Å². The Balaban J connectivity index is 0.00000155. The summed E-state index contributed by atoms with van der Waals surface area (Å²) in [7, 11) is 0. The Morgan fingerprint density at radius 2 is 1.20 bits per heavy atom. The fraction of sp³-hybridized carbons (Fsp3) is 0.214. The maximum absolute atomic E-state index is 14.7. The molecule has 0 unspecified atom stereocenters. The van der Waals surface area contributed by atoms with Crippen LogP contribution in [0.4, 0.5) is 8.78 Å². The van der Waals surface area contributed by atoms with Crippen molar-refractivity contribution >= 4 is 11.7 Å². The minimum atomic E-state index is -0.850. The maximum Gasteiger partial charge on any atom is 0.166 e. The molecule has 0 aliphatic carbocycles. The van der Waals surface area contributed by atoms with Crippen LogP contribution in [0.1, 0.15) is 59.7 Å². The number of rotatable bonds is 3. The Bertz CT molecular complexity index is 1060. The van der Waals surface area contributed by atoms with Crippen LogP contribution in [-0.2, 0) is 6.42 Å². The quantitative estimate of drug-likeness (QED) is 0.307. The SMILES string of the molecule is CC.CCc1cc(/C(F)=C(\F)c2ccc(C)cc2)ccc1C#Cc1ccc(C)cc1. The van der Waals surface area contributed by atoms with Gasteiger partial charge in [-0.15, -0.1) is 0 Å². The number of hydrogen-bond donors (Lipinski definition) is 0. The third kappa shape index (κ3) is 5.91. The fourth-order valence-corrected chi connectivity index (χ4v) is 2.87. The van der Waals surface area contributed by atoms with E-state index in [0.717, 1.165) is 22.3 Å². The van der Waals surface area contributed by atoms with Gasteiger partial charge in [-0.3, -0.25) is 0 Å². The van der Waals surface area contributed by atoms with Crippen molar-refractivity contribution in [3.8, 4) is 11.8 Å². The van der Waals surface area contributed by atoms with Gasteiger partial charge >= 0.3 is 0 Å². The first kappa shape index (κ1) is 23.1. The Morgan fingerprint density at radius 3 is 1.77 bits per heavy atom. The average molecular weight is 403 g/mol. The third-order valence-electron chi connectivity index (χ3n) is 4.63. The summed E-state index contributed by atoms with van der Waals surface area (Å²) in [6.07, 6.45) is 0.686. The molecule has 0 amide bonds. The fourth-order valence-electron chi connectivity index (χ4n) is 2.87. The number of aryl methyl sites for hydroxylation is 3. The zero-order valence-corrected chi connectivity index (χ0v) is 18.3. The molecule has 3 rings (SSSR count). The second kappa shape index (κ2) is 11.1. The molecule has 0 bridgehead atoms. The van der Waals surface area contributed by atoms with Gasteiger partial charge < -0.3 is 0 Å². The van der Waals surface area contributed by atoms with Crippen LogP contribution in [0.5, 0.6) is 0 Å². The Labute approximate surface area is 179 Å². The van der Waals surface area contributed by atoms with E-state index in [-0.39, 0.29) is 11.1 Å². The van der Waals surface area contributed by atoms with Crippen LogP contribution in [0, 0.1) is 25.7 Å². The van der Waals surface area contributed by atoms with Crippen LogP contribution in [0.15, 0.2) is 66.7 Å². The second-order valence-electron chi connectivity index (χ2n) is 6.84. The highest BCUT2D eigenvalue weighted by molar-refractivity contribution is 5.83. The van der Waals surface area contributed by atoms with Crippen molar-refractivity contribution in [3.63, 3.8) is 0 Å². The summed E-state index contributed by atoms with van der Waals surface area (Å²) in [4.78, 5) is 0. The second-order valence-corrected chi connectivity index (χ2v) is 6.84. The third-order valence-corrected chi connectivity index (χ3v) is 4.63. The molecule has 0 aliphatic rings. The summed E-state index contributed by atoms with van der Waals surface area (Å²) in [5.74, 6) is 4.59. The zero-order valence-electron chi connectivity index (χ0n) is 18.3. The van der Waals surface area contributed by atoms with Crippen molar-refractivity contribution in [2.45, 2.75) is 41.0 Å². The molecule has 0 aromatic heterocycles. The molecule has 3 aromatic carbocycles. The van der Waals surface area contributed by atoms with Gasteiger partial charge in [0.05, 0.1) is 0 Å². The highest BCUT2D eigenvalue weighted by Gasteiger charge is 2.13. The van der Waals surface area contributed by atoms with E-state index in [1.807, 2.05) is 58.9 Å². The van der Waals surface area contributed by atoms with Gasteiger partial charge in [-0.05, 0) is 50.1 Å². The topological polar surface area (TPSA) is 0 Å². The van der Waals surface area contributed by atoms with Crippen molar-refractivity contribution in [2.24, 2.45) is 0 Å². The molecule has 0 N–H and O–H groups in total. The zero-order chi connectivity index (χ0) is 22.1. The van der Waals surface area contributed by atoms with Crippen LogP contribution < -0.4 is 0 Å². The van der Waals surface area contributed by atoms with Crippen LogP contribution in [-0.4, -0.2) is 0 Å². The first-order valence-corrected chi connectivity index (χ1v) is 10.3. The lowest BCUT2D eigenvalue weighted by Gasteiger charge is -2.07. The van der Waals surface area contributed by atoms with Crippen LogP contribution in [0.3, 0.4) is 0 Å². The monoisotopic (exact) mass is 402 g/mol. The van der Waals surface area contributed by atoms with Gasteiger partial charge in [-0.25, -0.2) is 8.78 Å². The number of hydrogen-bond acceptors (Lipinski definition) is 0. The Morgan fingerprint density at radius 1 is 0.700 bits per heavy atom. The molecular weight excluding hydrogens is 374 g/mol. The molecular formula is C28H28F2. The molecule has 0 fully saturated rings. The lowest BCUT2D eigenvalue weighted by atomic mass is 10.00. The molecule has 0 heterocycles. The van der Waals surface area contributed by atoms with E-state index < -0.39 is 11.7 Å². The van der Waals surface area contributed by atoms with Crippen molar-refractivity contribution in [3.05, 3.63) is 106 Å². The number of halogens is 2. The van der Waals surface area contributed by atoms with E-state index in [9.17, 15) is 8.78 Å². The van der Waals surface area contributed by atoms with Gasteiger partial charge in [0, 0.05) is 22.3 Å². The normalized spacial score (nSPS) is 10.9. The highest BCUT2D eigenvalue weighted by atomic mass is 19.2. The van der Waals surface area contributed by atoms with E-state index in [2.05, 4.69) is 11.8 Å². The summed E-state index contributed by atoms with van der Waals surface area (Å²) in [6, 6.07) is 19.7. The lowest BCUT2D eigenvalue weighted by Crippen LogP contribution is -1.92. The van der Waals surface area contributed by atoms with E-state index in [0.29, 0.717) is 6.42 Å². The Hall–Kier alpha value is -3.18. The molecule has 0 aliphatic heterocycles. The molecule has 30 heavy (non-hydrogen) atoms. The summed E-state index contributed by atoms with van der Waals surface area (Å²) < 4.78 is 29.3. The van der Waals surface area contributed by atoms with E-state index >= 15 is 0 Å². The molecule has 0 nitrogen and oxygen atoms in total. The summed E-state index contributed by atoms with van der Waals surface area (Å²) in [5, 5.41) is 0. The van der Waals surface area contributed by atoms with Crippen LogP contribution in [0.2, 0.25) is 0 Å². The molecule has 0 saturated heterocycles. The predicted octanol–water partition coefficient (Wildman–Crippen LogP) is 8.06. The molecule has 0 saturated carbocycles. The van der Waals surface area contributed by atoms with E-state index in [1.54, 1.807) is 42.5 Å². The van der Waals surface area contributed by atoms with Gasteiger partial charge in [0.15, 0.2) is 11.7 Å². The van der Waals surface area contributed by atoms with Gasteiger partial charge in [-0.2, -0.15) is 0 Å². The van der Waals surface area contributed by atoms with Gasteiger partial charge in [0.2, 0.25) is 0 Å². The number of benzene rings is 3. The first-order valence-electron chi connectivity index (χ1n) is 10.3. The molecule has 2 heteroatoms. The standard InChI is InChI=1S/C26H22F2.C2H6/c1-4-21-17-24(26(28)25(27)23-12-7-19(3)8-13-23)16-15-22(21)14-11-20-9-5-18(2)6-10-20;1-2/h5-10,12-13,15-17H,4H2,1-3H3;1-2H3/b26-25+;. The molecule has 0 spiro atoms. The molecule has 0 radical (unpaired) electrons. The van der Waals surface area contributed by atoms with Gasteiger partial charge in [0.1, 0.15) is 0 Å². The molecule has 0 atom stereocenters. The average Bonchev–Trinajstić information content (AvgIpc) is 2.79. The molecule has 3 aromatic rings. The molecule has 154 valence electrons. The summed E-state index contributed by atoms with van der Waals surface area (Å²) in [5.41, 5.74) is 5.30. The van der Waals surface area contributed by atoms with Gasteiger partial charge in [0.25, 0.3) is 0 Å². The lowest BCUT2D eigenvalue weighted by molar-refractivity contribution is 0.700. The summed E-state index contributed by atoms with van der Waals surface area (Å²) in [6.45, 7) is 9.92. The highest BCUT2D eigenvalue weighted by Crippen LogP contribution is 2.30. The van der Waals surface area contributed by atoms with Crippen molar-refractivity contribution < 1.29 is 8.78 Å². The van der Waals surface area contributed by atoms with Gasteiger partial charge in [-0.1, -0.05) is 86.2 Å². The Kier molecular flexibility index (Phi) is 8.56. The minimum Gasteiger partial charge on any atom is -0.203 e. The van der Waals surface area contributed by atoms with Crippen molar-refractivity contribution in [1.29, 1.82) is 0 Å². The van der Waals surface area contributed by atoms with Crippen molar-refractivity contribution in [2.75, 3.05) is 0 Å².